The maximum Gasteiger partial charge on any atom is 0.257 e. The second-order valence-electron chi connectivity index (χ2n) is 8.11. The van der Waals surface area contributed by atoms with Crippen LogP contribution in [0.4, 0.5) is 10.8 Å². The Labute approximate surface area is 186 Å². The molecule has 3 aromatic rings. The number of nitrogens with one attached hydrogen (secondary N) is 1. The Bertz CT molecular complexity index is 1280. The predicted molar refractivity (Wildman–Crippen MR) is 124 cm³/mol. The Balaban J connectivity index is 1.33. The monoisotopic (exact) mass is 453 g/mol. The molecule has 2 aliphatic rings. The van der Waals surface area contributed by atoms with E-state index in [1.807, 2.05) is 5.38 Å². The van der Waals surface area contributed by atoms with Gasteiger partial charge in [-0.15, -0.1) is 11.3 Å². The number of nitrogens with zero attached hydrogens (tertiary/aromatic N) is 2. The molecular weight excluding hydrogens is 430 g/mol. The van der Waals surface area contributed by atoms with Crippen molar-refractivity contribution in [3.05, 3.63) is 64.0 Å². The second kappa shape index (κ2) is 7.76. The smallest absolute Gasteiger partial charge is 0.257 e. The maximum atomic E-state index is 12.8. The molecule has 8 heteroatoms. The van der Waals surface area contributed by atoms with E-state index in [9.17, 15) is 13.2 Å². The van der Waals surface area contributed by atoms with Gasteiger partial charge < -0.3 is 0 Å². The fourth-order valence-corrected chi connectivity index (χ4v) is 6.06. The third-order valence-electron chi connectivity index (χ3n) is 5.96. The summed E-state index contributed by atoms with van der Waals surface area (Å²) in [6.07, 6.45) is 6.56. The minimum absolute atomic E-state index is 0.244. The zero-order chi connectivity index (χ0) is 21.6. The molecule has 1 N–H and O–H groups in total. The van der Waals surface area contributed by atoms with E-state index in [0.29, 0.717) is 29.3 Å². The van der Waals surface area contributed by atoms with Gasteiger partial charge >= 0.3 is 0 Å². The van der Waals surface area contributed by atoms with Gasteiger partial charge in [0.15, 0.2) is 5.13 Å². The Morgan fingerprint density at radius 2 is 1.84 bits per heavy atom. The van der Waals surface area contributed by atoms with Crippen LogP contribution in [0.2, 0.25) is 0 Å². The Hall–Kier alpha value is -2.71. The number of aryl methyl sites for hydroxylation is 2. The van der Waals surface area contributed by atoms with Gasteiger partial charge in [0, 0.05) is 23.1 Å². The van der Waals surface area contributed by atoms with E-state index in [2.05, 4.69) is 28.5 Å². The molecule has 0 atom stereocenters. The van der Waals surface area contributed by atoms with Gasteiger partial charge in [-0.25, -0.2) is 13.4 Å². The molecule has 1 aliphatic carbocycles. The van der Waals surface area contributed by atoms with E-state index in [-0.39, 0.29) is 5.91 Å². The maximum absolute atomic E-state index is 12.8. The Morgan fingerprint density at radius 1 is 1.03 bits per heavy atom. The van der Waals surface area contributed by atoms with Crippen LogP contribution in [-0.4, -0.2) is 32.1 Å². The van der Waals surface area contributed by atoms with Crippen molar-refractivity contribution in [3.63, 3.8) is 0 Å². The number of anilines is 2. The van der Waals surface area contributed by atoms with E-state index in [0.717, 1.165) is 29.7 Å². The van der Waals surface area contributed by atoms with Crippen LogP contribution in [0, 0.1) is 0 Å². The Morgan fingerprint density at radius 3 is 2.65 bits per heavy atom. The number of carbonyl (C=O) groups excluding carboxylic acids is 1. The fourth-order valence-electron chi connectivity index (χ4n) is 4.38. The molecule has 0 spiro atoms. The van der Waals surface area contributed by atoms with Gasteiger partial charge in [0.05, 0.1) is 17.6 Å². The molecule has 5 rings (SSSR count). The first-order chi connectivity index (χ1) is 14.9. The van der Waals surface area contributed by atoms with Crippen LogP contribution in [0.5, 0.6) is 0 Å². The molecule has 31 heavy (non-hydrogen) atoms. The van der Waals surface area contributed by atoms with Gasteiger partial charge in [-0.1, -0.05) is 12.1 Å². The predicted octanol–water partition coefficient (Wildman–Crippen LogP) is 4.26. The van der Waals surface area contributed by atoms with Crippen LogP contribution in [-0.2, 0) is 29.3 Å². The van der Waals surface area contributed by atoms with Gasteiger partial charge in [-0.05, 0) is 73.1 Å². The lowest BCUT2D eigenvalue weighted by Crippen LogP contribution is -2.27. The highest BCUT2D eigenvalue weighted by Crippen LogP contribution is 2.32. The minimum atomic E-state index is -3.30. The van der Waals surface area contributed by atoms with E-state index >= 15 is 0 Å². The molecule has 2 aromatic carbocycles. The third kappa shape index (κ3) is 3.97. The lowest BCUT2D eigenvalue weighted by Gasteiger charge is -2.16. The lowest BCUT2D eigenvalue weighted by atomic mass is 9.90. The van der Waals surface area contributed by atoms with Crippen LogP contribution in [0.15, 0.2) is 41.8 Å². The molecular formula is C23H23N3O3S2. The first-order valence-electron chi connectivity index (χ1n) is 10.4. The van der Waals surface area contributed by atoms with Gasteiger partial charge in [-0.2, -0.15) is 0 Å². The lowest BCUT2D eigenvalue weighted by molar-refractivity contribution is 0.102. The first kappa shape index (κ1) is 20.2. The number of sulfonamides is 1. The number of aromatic nitrogens is 1. The molecule has 160 valence electrons. The quantitative estimate of drug-likeness (QED) is 0.640. The molecule has 2 heterocycles. The summed E-state index contributed by atoms with van der Waals surface area (Å²) in [5.74, 6) is -0.244. The van der Waals surface area contributed by atoms with Crippen LogP contribution in [0.3, 0.4) is 0 Å². The van der Waals surface area contributed by atoms with E-state index < -0.39 is 10.0 Å². The SMILES string of the molecule is CS(=O)(=O)N1CCc2cc(C(=O)Nc3nc(-c4ccc5c(c4)CCCC5)cs3)ccc21. The molecule has 0 bridgehead atoms. The summed E-state index contributed by atoms with van der Waals surface area (Å²) in [6, 6.07) is 11.7. The summed E-state index contributed by atoms with van der Waals surface area (Å²) in [7, 11) is -3.30. The molecule has 6 nitrogen and oxygen atoms in total. The fraction of sp³-hybridized carbons (Fsp3) is 0.304. The molecule has 0 saturated carbocycles. The largest absolute Gasteiger partial charge is 0.298 e. The standard InChI is InChI=1S/C23H23N3O3S2/c1-31(28,29)26-11-10-18-13-19(8-9-21(18)26)22(27)25-23-24-20(14-30-23)17-7-6-15-4-2-3-5-16(15)12-17/h6-9,12-14H,2-5,10-11H2,1H3,(H,24,25,27). The third-order valence-corrected chi connectivity index (χ3v) is 7.90. The van der Waals surface area contributed by atoms with Crippen molar-refractivity contribution < 1.29 is 13.2 Å². The molecule has 0 saturated heterocycles. The average molecular weight is 454 g/mol. The highest BCUT2D eigenvalue weighted by molar-refractivity contribution is 7.92. The summed E-state index contributed by atoms with van der Waals surface area (Å²) in [6.45, 7) is 0.413. The summed E-state index contributed by atoms with van der Waals surface area (Å²) in [5, 5.41) is 5.40. The van der Waals surface area contributed by atoms with Crippen molar-refractivity contribution in [2.24, 2.45) is 0 Å². The molecule has 1 aliphatic heterocycles. The van der Waals surface area contributed by atoms with Gasteiger partial charge in [0.1, 0.15) is 0 Å². The van der Waals surface area contributed by atoms with E-state index in [1.54, 1.807) is 18.2 Å². The molecule has 1 aromatic heterocycles. The van der Waals surface area contributed by atoms with Crippen molar-refractivity contribution in [3.8, 4) is 11.3 Å². The summed E-state index contributed by atoms with van der Waals surface area (Å²) >= 11 is 1.40. The number of thiazole rings is 1. The zero-order valence-electron chi connectivity index (χ0n) is 17.2. The van der Waals surface area contributed by atoms with Crippen molar-refractivity contribution >= 4 is 38.1 Å². The number of hydrogen-bond acceptors (Lipinski definition) is 5. The van der Waals surface area contributed by atoms with Crippen LogP contribution < -0.4 is 9.62 Å². The van der Waals surface area contributed by atoms with E-state index in [1.165, 1.54) is 45.9 Å². The van der Waals surface area contributed by atoms with E-state index in [4.69, 9.17) is 0 Å². The zero-order valence-corrected chi connectivity index (χ0v) is 18.9. The molecule has 0 unspecified atom stereocenters. The highest BCUT2D eigenvalue weighted by atomic mass is 32.2. The summed E-state index contributed by atoms with van der Waals surface area (Å²) in [5.41, 5.74) is 6.81. The van der Waals surface area contributed by atoms with Crippen LogP contribution >= 0.6 is 11.3 Å². The van der Waals surface area contributed by atoms with Crippen LogP contribution in [0.1, 0.15) is 39.9 Å². The normalized spacial score (nSPS) is 15.5. The highest BCUT2D eigenvalue weighted by Gasteiger charge is 2.27. The molecule has 0 radical (unpaired) electrons. The van der Waals surface area contributed by atoms with Gasteiger partial charge in [-0.3, -0.25) is 14.4 Å². The van der Waals surface area contributed by atoms with Crippen LogP contribution in [0.25, 0.3) is 11.3 Å². The number of carbonyl (C=O) groups is 1. The number of hydrogen-bond donors (Lipinski definition) is 1. The Kier molecular flexibility index (Phi) is 5.06. The number of rotatable bonds is 4. The first-order valence-corrected chi connectivity index (χ1v) is 13.1. The van der Waals surface area contributed by atoms with Gasteiger partial charge in [0.25, 0.3) is 5.91 Å². The van der Waals surface area contributed by atoms with Crippen molar-refractivity contribution in [1.29, 1.82) is 0 Å². The van der Waals surface area contributed by atoms with Crippen molar-refractivity contribution in [2.75, 3.05) is 22.4 Å². The topological polar surface area (TPSA) is 79.4 Å². The average Bonchev–Trinajstić information content (AvgIpc) is 3.39. The number of fused-ring (bicyclic) bond motifs is 2. The van der Waals surface area contributed by atoms with Crippen molar-refractivity contribution in [1.82, 2.24) is 4.98 Å². The second-order valence-corrected chi connectivity index (χ2v) is 10.9. The minimum Gasteiger partial charge on any atom is -0.298 e. The van der Waals surface area contributed by atoms with Gasteiger partial charge in [0.2, 0.25) is 10.0 Å². The molecule has 0 fully saturated rings. The summed E-state index contributed by atoms with van der Waals surface area (Å²) < 4.78 is 25.2. The summed E-state index contributed by atoms with van der Waals surface area (Å²) in [4.78, 5) is 17.4. The number of amides is 1. The van der Waals surface area contributed by atoms with Crippen molar-refractivity contribution in [2.45, 2.75) is 32.1 Å². The molecule has 1 amide bonds. The number of benzene rings is 2.